The molecule has 4 N–H and O–H groups in total. The maximum absolute atomic E-state index is 13.1. The van der Waals surface area contributed by atoms with Gasteiger partial charge in [-0.1, -0.05) is 71.3 Å². The number of fused-ring (bicyclic) bond motifs is 11. The number of benzene rings is 4. The van der Waals surface area contributed by atoms with Gasteiger partial charge < -0.3 is 40.2 Å². The predicted molar refractivity (Wildman–Crippen MR) is 215 cm³/mol. The Hall–Kier alpha value is -4.64. The van der Waals surface area contributed by atoms with Crippen LogP contribution in [0.25, 0.3) is 0 Å². The molecule has 4 aliphatic heterocycles. The summed E-state index contributed by atoms with van der Waals surface area (Å²) in [6, 6.07) is 23.0. The molecule has 0 radical (unpaired) electrons. The van der Waals surface area contributed by atoms with Gasteiger partial charge in [0.15, 0.2) is 26.4 Å². The summed E-state index contributed by atoms with van der Waals surface area (Å²) in [6.07, 6.45) is 2.64. The molecular weight excluding hydrogens is 793 g/mol. The van der Waals surface area contributed by atoms with E-state index >= 15 is 0 Å². The van der Waals surface area contributed by atoms with Crippen LogP contribution in [0, 0.1) is 0 Å². The van der Waals surface area contributed by atoms with E-state index in [1.807, 2.05) is 72.8 Å². The van der Waals surface area contributed by atoms with E-state index in [4.69, 9.17) is 18.9 Å². The molecule has 0 saturated heterocycles. The van der Waals surface area contributed by atoms with Crippen molar-refractivity contribution in [1.29, 1.82) is 0 Å². The molecular formula is C40H40N4O8S4. The molecule has 0 spiro atoms. The molecule has 16 heteroatoms. The number of ether oxygens (including phenoxy) is 4. The minimum absolute atomic E-state index is 0.241. The summed E-state index contributed by atoms with van der Waals surface area (Å²) in [7, 11) is 0. The lowest BCUT2D eigenvalue weighted by molar-refractivity contribution is -0.124. The van der Waals surface area contributed by atoms with Crippen molar-refractivity contribution in [2.24, 2.45) is 0 Å². The van der Waals surface area contributed by atoms with E-state index in [0.717, 1.165) is 0 Å². The number of hydrogen-bond donors (Lipinski definition) is 4. The first kappa shape index (κ1) is 39.6. The Morgan fingerprint density at radius 2 is 0.536 bits per heavy atom. The number of nitrogens with one attached hydrogen (secondary N) is 4. The van der Waals surface area contributed by atoms with Crippen molar-refractivity contribution in [2.45, 2.75) is 64.8 Å². The number of hydrogen-bond acceptors (Lipinski definition) is 12. The highest BCUT2D eigenvalue weighted by Crippen LogP contribution is 2.53. The number of para-hydroxylation sites is 4. The quantitative estimate of drug-likeness (QED) is 0.141. The van der Waals surface area contributed by atoms with Crippen LogP contribution in [0.15, 0.2) is 112 Å². The summed E-state index contributed by atoms with van der Waals surface area (Å²) in [5, 5.41) is 11.7. The first-order valence-electron chi connectivity index (χ1n) is 18.2. The van der Waals surface area contributed by atoms with E-state index in [9.17, 15) is 19.2 Å². The third-order valence-electron chi connectivity index (χ3n) is 8.54. The van der Waals surface area contributed by atoms with Crippen LogP contribution in [0.3, 0.4) is 0 Å². The summed E-state index contributed by atoms with van der Waals surface area (Å²) < 4.78 is 25.5. The van der Waals surface area contributed by atoms with Gasteiger partial charge in [0.2, 0.25) is 0 Å². The van der Waals surface area contributed by atoms with Gasteiger partial charge in [-0.3, -0.25) is 19.2 Å². The highest BCUT2D eigenvalue weighted by atomic mass is 32.2. The maximum atomic E-state index is 13.1. The first-order valence-corrected chi connectivity index (χ1v) is 21.5. The average molecular weight is 833 g/mol. The van der Waals surface area contributed by atoms with Crippen molar-refractivity contribution >= 4 is 70.7 Å². The van der Waals surface area contributed by atoms with Gasteiger partial charge in [-0.15, -0.1) is 0 Å². The van der Waals surface area contributed by atoms with Crippen molar-refractivity contribution in [1.82, 2.24) is 21.3 Å². The van der Waals surface area contributed by atoms with Crippen LogP contribution >= 0.6 is 47.0 Å². The Morgan fingerprint density at radius 1 is 0.339 bits per heavy atom. The van der Waals surface area contributed by atoms with Gasteiger partial charge in [0.1, 0.15) is 23.0 Å². The van der Waals surface area contributed by atoms with Crippen molar-refractivity contribution < 1.29 is 38.1 Å². The molecule has 292 valence electrons. The van der Waals surface area contributed by atoms with Crippen LogP contribution in [0.1, 0.15) is 25.7 Å². The standard InChI is InChI=1S/C40H40N4O8S4/c45-33-21-49-37-25-9-5-10-26(37)54-30-14-8-16-32-40(30)52-24-36(48)44-20-4-3-19-43-35(47)23-51-39-29(53-25)13-7-15-31(39)55-27-11-6-12-28(56-32)38(27)50-22-34(46)42-18-2-1-17-41-33/h5-16H,1-4,17-24H2,(H,41,45)(H,42,46)(H,43,47)(H,44,48). The molecule has 4 aromatic rings. The fraction of sp³-hybridized carbons (Fsp3) is 0.300. The topological polar surface area (TPSA) is 153 Å². The number of carbonyl (C=O) groups is 4. The third kappa shape index (κ3) is 10.4. The Kier molecular flexibility index (Phi) is 13.8. The van der Waals surface area contributed by atoms with Gasteiger partial charge in [-0.05, 0) is 74.2 Å². The molecule has 56 heavy (non-hydrogen) atoms. The summed E-state index contributed by atoms with van der Waals surface area (Å²) in [4.78, 5) is 58.1. The summed E-state index contributed by atoms with van der Waals surface area (Å²) in [6.45, 7) is 0.704. The molecule has 0 saturated carbocycles. The van der Waals surface area contributed by atoms with Crippen molar-refractivity contribution in [3.8, 4) is 23.0 Å². The third-order valence-corrected chi connectivity index (χ3v) is 12.9. The number of rotatable bonds is 0. The smallest absolute Gasteiger partial charge is 0.257 e. The second kappa shape index (κ2) is 19.5. The highest BCUT2D eigenvalue weighted by Gasteiger charge is 2.25. The summed E-state index contributed by atoms with van der Waals surface area (Å²) in [5.74, 6) is 0.762. The monoisotopic (exact) mass is 832 g/mol. The molecule has 4 aromatic carbocycles. The number of amides is 4. The van der Waals surface area contributed by atoms with Crippen molar-refractivity contribution in [3.05, 3.63) is 72.8 Å². The molecule has 0 aliphatic carbocycles. The Balaban J connectivity index is 1.45. The molecule has 4 heterocycles. The van der Waals surface area contributed by atoms with Crippen LogP contribution in [-0.4, -0.2) is 76.2 Å². The fourth-order valence-corrected chi connectivity index (χ4v) is 10.3. The molecule has 12 nitrogen and oxygen atoms in total. The van der Waals surface area contributed by atoms with Gasteiger partial charge >= 0.3 is 0 Å². The fourth-order valence-electron chi connectivity index (χ4n) is 5.83. The van der Waals surface area contributed by atoms with Crippen molar-refractivity contribution in [3.63, 3.8) is 0 Å². The van der Waals surface area contributed by atoms with Crippen LogP contribution in [0.4, 0.5) is 0 Å². The molecule has 12 bridgehead atoms. The lowest BCUT2D eigenvalue weighted by Gasteiger charge is -2.21. The van der Waals surface area contributed by atoms with Gasteiger partial charge in [-0.25, -0.2) is 0 Å². The van der Waals surface area contributed by atoms with Gasteiger partial charge in [-0.2, -0.15) is 0 Å². The van der Waals surface area contributed by atoms with Crippen LogP contribution in [0.2, 0.25) is 0 Å². The molecule has 0 unspecified atom stereocenters. The summed E-state index contributed by atoms with van der Waals surface area (Å²) >= 11 is 5.57. The van der Waals surface area contributed by atoms with Gasteiger partial charge in [0.05, 0.1) is 39.2 Å². The second-order valence-corrected chi connectivity index (χ2v) is 17.0. The van der Waals surface area contributed by atoms with Crippen LogP contribution in [0.5, 0.6) is 23.0 Å². The first-order chi connectivity index (χ1) is 27.4. The zero-order valence-electron chi connectivity index (χ0n) is 30.3. The normalized spacial score (nSPS) is 17.4. The van der Waals surface area contributed by atoms with E-state index in [1.165, 1.54) is 47.0 Å². The maximum Gasteiger partial charge on any atom is 0.257 e. The molecule has 0 fully saturated rings. The number of carbonyl (C=O) groups excluding carboxylic acids is 4. The van der Waals surface area contributed by atoms with E-state index in [-0.39, 0.29) is 50.1 Å². The Labute approximate surface area is 341 Å². The largest absolute Gasteiger partial charge is 0.481 e. The molecule has 8 rings (SSSR count). The Bertz CT molecular complexity index is 1730. The van der Waals surface area contributed by atoms with E-state index in [1.54, 1.807) is 0 Å². The lowest BCUT2D eigenvalue weighted by Crippen LogP contribution is -2.32. The molecule has 4 aliphatic rings. The second-order valence-electron chi connectivity index (χ2n) is 12.7. The van der Waals surface area contributed by atoms with Gasteiger partial charge in [0.25, 0.3) is 23.6 Å². The predicted octanol–water partition coefficient (Wildman–Crippen LogP) is 6.17. The SMILES string of the molecule is O=C1COc2c3cccc2Sc2cccc4c2OCC(=O)NCCCCNC(=O)COc2c(cccc2Sc2cccc(c2OCC(=O)NCCCCN1)S4)S3. The van der Waals surface area contributed by atoms with Crippen molar-refractivity contribution in [2.75, 3.05) is 52.6 Å². The zero-order valence-corrected chi connectivity index (χ0v) is 33.6. The molecule has 0 aromatic heterocycles. The van der Waals surface area contributed by atoms with Crippen LogP contribution in [-0.2, 0) is 19.2 Å². The minimum Gasteiger partial charge on any atom is -0.481 e. The average Bonchev–Trinajstić information content (AvgIpc) is 3.18. The minimum atomic E-state index is -0.290. The lowest BCUT2D eigenvalue weighted by atomic mass is 10.3. The summed E-state index contributed by atoms with van der Waals surface area (Å²) in [5.41, 5.74) is 0. The van der Waals surface area contributed by atoms with Crippen LogP contribution < -0.4 is 40.2 Å². The zero-order chi connectivity index (χ0) is 38.7. The van der Waals surface area contributed by atoms with Gasteiger partial charge in [0, 0.05) is 26.2 Å². The van der Waals surface area contributed by atoms with E-state index < -0.39 is 0 Å². The Morgan fingerprint density at radius 3 is 0.732 bits per heavy atom. The van der Waals surface area contributed by atoms with E-state index in [0.29, 0.717) is 114 Å². The molecule has 0 atom stereocenters. The van der Waals surface area contributed by atoms with E-state index in [2.05, 4.69) is 21.3 Å². The highest BCUT2D eigenvalue weighted by molar-refractivity contribution is 8.01. The molecule has 4 amide bonds.